The van der Waals surface area contributed by atoms with Gasteiger partial charge in [0.15, 0.2) is 12.4 Å². The van der Waals surface area contributed by atoms with Crippen molar-refractivity contribution in [1.29, 1.82) is 0 Å². The summed E-state index contributed by atoms with van der Waals surface area (Å²) in [5, 5.41) is 54.9. The van der Waals surface area contributed by atoms with E-state index < -0.39 is 90.7 Å². The van der Waals surface area contributed by atoms with Crippen LogP contribution in [-0.2, 0) is 28.5 Å². The van der Waals surface area contributed by atoms with E-state index >= 15 is 0 Å². The van der Waals surface area contributed by atoms with Gasteiger partial charge in [0, 0.05) is 6.92 Å². The van der Waals surface area contributed by atoms with Gasteiger partial charge in [-0.2, -0.15) is 0 Å². The first-order valence-corrected chi connectivity index (χ1v) is 12.4. The summed E-state index contributed by atoms with van der Waals surface area (Å²) in [6, 6.07) is -0.940. The van der Waals surface area contributed by atoms with Gasteiger partial charge in [-0.15, -0.1) is 0 Å². The van der Waals surface area contributed by atoms with Crippen LogP contribution in [0.25, 0.3) is 0 Å². The van der Waals surface area contributed by atoms with Gasteiger partial charge in [0.05, 0.1) is 24.4 Å². The van der Waals surface area contributed by atoms with Crippen LogP contribution in [0, 0.1) is 5.41 Å². The molecule has 12 nitrogen and oxygen atoms in total. The summed E-state index contributed by atoms with van der Waals surface area (Å²) in [6.45, 7) is 11.6. The quantitative estimate of drug-likeness (QED) is 0.231. The van der Waals surface area contributed by atoms with Crippen molar-refractivity contribution in [1.82, 2.24) is 5.32 Å². The average Bonchev–Trinajstić information content (AvgIpc) is 2.79. The zero-order valence-electron chi connectivity index (χ0n) is 22.1. The molecule has 9 unspecified atom stereocenters. The van der Waals surface area contributed by atoms with Crippen molar-refractivity contribution in [3.8, 4) is 0 Å². The first kappa shape index (κ1) is 30.8. The normalized spacial score (nSPS) is 38.0. The number of aliphatic carboxylic acids is 1. The Morgan fingerprint density at radius 1 is 0.944 bits per heavy atom. The first-order chi connectivity index (χ1) is 16.6. The van der Waals surface area contributed by atoms with E-state index in [1.165, 1.54) is 6.92 Å². The van der Waals surface area contributed by atoms with Gasteiger partial charge in [0.2, 0.25) is 5.91 Å². The Morgan fingerprint density at radius 3 is 1.97 bits per heavy atom. The maximum absolute atomic E-state index is 12.1. The molecular weight excluding hydrogens is 478 g/mol. The number of ether oxygens (including phenoxy) is 4. The third-order valence-corrected chi connectivity index (χ3v) is 7.14. The largest absolute Gasteiger partial charge is 0.479 e. The van der Waals surface area contributed by atoms with Gasteiger partial charge < -0.3 is 49.8 Å². The highest BCUT2D eigenvalue weighted by Gasteiger charge is 2.55. The molecule has 12 heteroatoms. The number of nitrogens with one attached hydrogen (secondary N) is 1. The molecule has 0 bridgehead atoms. The molecule has 0 radical (unpaired) electrons. The number of carboxylic acid groups (broad SMARTS) is 1. The lowest BCUT2D eigenvalue weighted by atomic mass is 9.72. The molecule has 2 aliphatic rings. The number of aliphatic hydroxyl groups is 4. The predicted molar refractivity (Wildman–Crippen MR) is 126 cm³/mol. The third-order valence-electron chi connectivity index (χ3n) is 7.14. The highest BCUT2D eigenvalue weighted by molar-refractivity contribution is 5.74. The Bertz CT molecular complexity index is 753. The van der Waals surface area contributed by atoms with Gasteiger partial charge >= 0.3 is 5.97 Å². The second kappa shape index (κ2) is 12.0. The van der Waals surface area contributed by atoms with Crippen LogP contribution in [0.1, 0.15) is 61.3 Å². The van der Waals surface area contributed by atoms with Crippen LogP contribution in [0.2, 0.25) is 0 Å². The average molecular weight is 522 g/mol. The molecule has 0 spiro atoms. The lowest BCUT2D eigenvalue weighted by molar-refractivity contribution is -0.338. The topological polar surface area (TPSA) is 184 Å². The van der Waals surface area contributed by atoms with E-state index in [1.807, 2.05) is 20.8 Å². The summed E-state index contributed by atoms with van der Waals surface area (Å²) in [5.41, 5.74) is -1.35. The summed E-state index contributed by atoms with van der Waals surface area (Å²) < 4.78 is 23.2. The smallest absolute Gasteiger partial charge is 0.335 e. The van der Waals surface area contributed by atoms with Gasteiger partial charge in [-0.3, -0.25) is 4.79 Å². The number of hydrogen-bond acceptors (Lipinski definition) is 10. The minimum Gasteiger partial charge on any atom is -0.479 e. The summed E-state index contributed by atoms with van der Waals surface area (Å²) in [6.07, 6.45) is -11.5. The Hall–Kier alpha value is -1.38. The van der Waals surface area contributed by atoms with Crippen molar-refractivity contribution >= 4 is 11.9 Å². The summed E-state index contributed by atoms with van der Waals surface area (Å²) in [4.78, 5) is 24.1. The number of rotatable bonds is 9. The molecular formula is C24H43NO11. The maximum Gasteiger partial charge on any atom is 0.335 e. The van der Waals surface area contributed by atoms with E-state index in [9.17, 15) is 35.1 Å². The van der Waals surface area contributed by atoms with E-state index in [0.29, 0.717) is 12.8 Å². The van der Waals surface area contributed by atoms with Crippen LogP contribution in [0.15, 0.2) is 0 Å². The van der Waals surface area contributed by atoms with Gasteiger partial charge in [-0.25, -0.2) is 4.79 Å². The standard InChI is InChI=1S/C24H43NO11/c1-8-24(7,9-2)20-13(25-11(3)27)17(14(28)12(10-26)33-20)34-22-16(30)15(29)18(36-23(4,5)6)19(35-22)21(31)32/h12-20,22,26,28-30H,8-10H2,1-7H3,(H,25,27)(H,31,32)/t12?,13?,14?,15?,16?,17?,18?,19?,20-,22?/m0/s1. The Balaban J connectivity index is 2.44. The van der Waals surface area contributed by atoms with Crippen molar-refractivity contribution in [2.24, 2.45) is 5.41 Å². The van der Waals surface area contributed by atoms with Crippen molar-refractivity contribution in [3.63, 3.8) is 0 Å². The van der Waals surface area contributed by atoms with Gasteiger partial charge in [-0.05, 0) is 39.0 Å². The maximum atomic E-state index is 12.1. The van der Waals surface area contributed by atoms with Crippen molar-refractivity contribution < 1.29 is 54.1 Å². The Kier molecular flexibility index (Phi) is 10.3. The molecule has 0 aromatic rings. The fourth-order valence-corrected chi connectivity index (χ4v) is 4.75. The van der Waals surface area contributed by atoms with Crippen molar-refractivity contribution in [2.45, 2.75) is 128 Å². The minimum atomic E-state index is -1.74. The molecule has 2 saturated heterocycles. The Morgan fingerprint density at radius 2 is 1.53 bits per heavy atom. The fraction of sp³-hybridized carbons (Fsp3) is 0.917. The molecule has 6 N–H and O–H groups in total. The van der Waals surface area contributed by atoms with Crippen LogP contribution in [0.5, 0.6) is 0 Å². The molecule has 0 aliphatic carbocycles. The molecule has 2 fully saturated rings. The highest BCUT2D eigenvalue weighted by Crippen LogP contribution is 2.40. The van der Waals surface area contributed by atoms with Crippen molar-refractivity contribution in [3.05, 3.63) is 0 Å². The number of amides is 1. The highest BCUT2D eigenvalue weighted by atomic mass is 16.7. The summed E-state index contributed by atoms with van der Waals surface area (Å²) in [5.74, 6) is -1.87. The first-order valence-electron chi connectivity index (χ1n) is 12.4. The number of carbonyl (C=O) groups excluding carboxylic acids is 1. The van der Waals surface area contributed by atoms with E-state index in [0.717, 1.165) is 0 Å². The SMILES string of the molecule is CCC(C)(CC)[C@H]1OC(CO)C(O)C(OC2OC(C(=O)O)C(OC(C)(C)C)C(O)C2O)C1NC(C)=O. The zero-order chi connectivity index (χ0) is 27.6. The lowest BCUT2D eigenvalue weighted by Gasteiger charge is -2.52. The van der Waals surface area contributed by atoms with E-state index in [4.69, 9.17) is 18.9 Å². The Labute approximate surface area is 211 Å². The van der Waals surface area contributed by atoms with Gasteiger partial charge in [0.1, 0.15) is 36.6 Å². The summed E-state index contributed by atoms with van der Waals surface area (Å²) in [7, 11) is 0. The number of hydrogen-bond donors (Lipinski definition) is 6. The lowest BCUT2D eigenvalue weighted by Crippen LogP contribution is -2.70. The zero-order valence-corrected chi connectivity index (χ0v) is 22.1. The molecule has 2 rings (SSSR count). The number of carbonyl (C=O) groups is 2. The molecule has 2 heterocycles. The van der Waals surface area contributed by atoms with Crippen LogP contribution in [-0.4, -0.2) is 111 Å². The molecule has 0 aromatic heterocycles. The predicted octanol–water partition coefficient (Wildman–Crippen LogP) is -0.462. The number of carboxylic acids is 1. The fourth-order valence-electron chi connectivity index (χ4n) is 4.75. The molecule has 10 atom stereocenters. The van der Waals surface area contributed by atoms with E-state index in [2.05, 4.69) is 5.32 Å². The molecule has 1 amide bonds. The van der Waals surface area contributed by atoms with Crippen LogP contribution in [0.3, 0.4) is 0 Å². The van der Waals surface area contributed by atoms with Crippen molar-refractivity contribution in [2.75, 3.05) is 6.61 Å². The number of aliphatic hydroxyl groups excluding tert-OH is 4. The molecule has 210 valence electrons. The van der Waals surface area contributed by atoms with Gasteiger partial charge in [-0.1, -0.05) is 20.8 Å². The monoisotopic (exact) mass is 521 g/mol. The van der Waals surface area contributed by atoms with E-state index in [-0.39, 0.29) is 0 Å². The molecule has 36 heavy (non-hydrogen) atoms. The minimum absolute atomic E-state index is 0.432. The van der Waals surface area contributed by atoms with Crippen LogP contribution in [0.4, 0.5) is 0 Å². The van der Waals surface area contributed by atoms with E-state index in [1.54, 1.807) is 20.8 Å². The molecule has 0 aromatic carbocycles. The van der Waals surface area contributed by atoms with Crippen LogP contribution >= 0.6 is 0 Å². The second-order valence-corrected chi connectivity index (χ2v) is 10.9. The van der Waals surface area contributed by atoms with Gasteiger partial charge in [0.25, 0.3) is 0 Å². The third kappa shape index (κ3) is 6.73. The summed E-state index contributed by atoms with van der Waals surface area (Å²) >= 11 is 0. The molecule has 2 aliphatic heterocycles. The molecule has 0 saturated carbocycles. The van der Waals surface area contributed by atoms with Crippen LogP contribution < -0.4 is 5.32 Å². The second-order valence-electron chi connectivity index (χ2n) is 10.9.